The van der Waals surface area contributed by atoms with Gasteiger partial charge in [-0.2, -0.15) is 0 Å². The molecule has 0 heterocycles. The number of anilines is 1. The number of halogens is 2. The molecule has 0 saturated carbocycles. The van der Waals surface area contributed by atoms with Crippen molar-refractivity contribution in [1.29, 1.82) is 0 Å². The second-order valence-corrected chi connectivity index (χ2v) is 5.01. The molecule has 2 rings (SSSR count). The summed E-state index contributed by atoms with van der Waals surface area (Å²) in [6, 6.07) is 13.8. The van der Waals surface area contributed by atoms with Gasteiger partial charge in [-0.05, 0) is 42.8 Å². The summed E-state index contributed by atoms with van der Waals surface area (Å²) in [6.07, 6.45) is 1.89. The fourth-order valence-electron chi connectivity index (χ4n) is 1.89. The van der Waals surface area contributed by atoms with Crippen LogP contribution in [0.4, 0.5) is 14.5 Å². The van der Waals surface area contributed by atoms with Gasteiger partial charge in [-0.3, -0.25) is 0 Å². The number of nitrogens with one attached hydrogen (secondary N) is 2. The average Bonchev–Trinajstić information content (AvgIpc) is 2.49. The lowest BCUT2D eigenvalue weighted by Gasteiger charge is -2.10. The Morgan fingerprint density at radius 3 is 2.48 bits per heavy atom. The van der Waals surface area contributed by atoms with Crippen molar-refractivity contribution in [3.05, 3.63) is 65.7 Å². The molecule has 2 aromatic carbocycles. The summed E-state index contributed by atoms with van der Waals surface area (Å²) >= 11 is 5.10. The third-order valence-corrected chi connectivity index (χ3v) is 3.19. The molecular formula is C16H16F2N2S. The molecule has 0 radical (unpaired) electrons. The quantitative estimate of drug-likeness (QED) is 0.647. The average molecular weight is 306 g/mol. The first kappa shape index (κ1) is 15.4. The zero-order valence-electron chi connectivity index (χ0n) is 11.4. The minimum absolute atomic E-state index is 0.397. The molecule has 0 spiro atoms. The van der Waals surface area contributed by atoms with Crippen LogP contribution in [-0.4, -0.2) is 11.7 Å². The summed E-state index contributed by atoms with van der Waals surface area (Å²) in [6.45, 7) is 0.713. The molecule has 0 aromatic heterocycles. The van der Waals surface area contributed by atoms with Crippen LogP contribution >= 0.6 is 12.2 Å². The monoisotopic (exact) mass is 306 g/mol. The molecular weight excluding hydrogens is 290 g/mol. The largest absolute Gasteiger partial charge is 0.362 e. The number of rotatable bonds is 5. The van der Waals surface area contributed by atoms with Gasteiger partial charge in [-0.25, -0.2) is 8.78 Å². The minimum atomic E-state index is -0.896. The van der Waals surface area contributed by atoms with Crippen molar-refractivity contribution in [2.24, 2.45) is 0 Å². The van der Waals surface area contributed by atoms with Gasteiger partial charge in [0.1, 0.15) is 0 Å². The first-order valence-electron chi connectivity index (χ1n) is 6.69. The van der Waals surface area contributed by atoms with Gasteiger partial charge in [0.2, 0.25) is 0 Å². The Kier molecular flexibility index (Phi) is 5.63. The Morgan fingerprint density at radius 1 is 1.00 bits per heavy atom. The number of thiocarbonyl (C=S) groups is 1. The van der Waals surface area contributed by atoms with E-state index in [1.807, 2.05) is 18.2 Å². The summed E-state index contributed by atoms with van der Waals surface area (Å²) < 4.78 is 25.8. The van der Waals surface area contributed by atoms with E-state index in [2.05, 4.69) is 22.8 Å². The Balaban J connectivity index is 1.71. The van der Waals surface area contributed by atoms with Crippen molar-refractivity contribution in [2.75, 3.05) is 11.9 Å². The molecule has 0 aliphatic rings. The Hall–Kier alpha value is -2.01. The van der Waals surface area contributed by atoms with Gasteiger partial charge in [0.05, 0.1) is 0 Å². The van der Waals surface area contributed by atoms with Gasteiger partial charge in [-0.1, -0.05) is 30.3 Å². The molecule has 0 amide bonds. The van der Waals surface area contributed by atoms with Crippen LogP contribution in [0.3, 0.4) is 0 Å². The lowest BCUT2D eigenvalue weighted by molar-refractivity contribution is 0.509. The second kappa shape index (κ2) is 7.69. The van der Waals surface area contributed by atoms with E-state index in [4.69, 9.17) is 12.2 Å². The van der Waals surface area contributed by atoms with Crippen LogP contribution in [0.15, 0.2) is 48.5 Å². The molecule has 0 aliphatic heterocycles. The van der Waals surface area contributed by atoms with Gasteiger partial charge >= 0.3 is 0 Å². The molecule has 0 bridgehead atoms. The number of hydrogen-bond donors (Lipinski definition) is 2. The van der Waals surface area contributed by atoms with E-state index in [1.165, 1.54) is 11.6 Å². The van der Waals surface area contributed by atoms with Crippen molar-refractivity contribution in [3.63, 3.8) is 0 Å². The van der Waals surface area contributed by atoms with Crippen molar-refractivity contribution < 1.29 is 8.78 Å². The number of benzene rings is 2. The second-order valence-electron chi connectivity index (χ2n) is 4.60. The molecule has 0 atom stereocenters. The van der Waals surface area contributed by atoms with E-state index in [0.717, 1.165) is 25.0 Å². The highest BCUT2D eigenvalue weighted by Gasteiger charge is 2.03. The summed E-state index contributed by atoms with van der Waals surface area (Å²) in [5.41, 5.74) is 1.70. The molecule has 110 valence electrons. The van der Waals surface area contributed by atoms with Gasteiger partial charge in [0, 0.05) is 18.3 Å². The summed E-state index contributed by atoms with van der Waals surface area (Å²) in [5.74, 6) is -1.77. The fraction of sp³-hybridized carbons (Fsp3) is 0.188. The molecule has 0 saturated heterocycles. The molecule has 2 N–H and O–H groups in total. The predicted octanol–water partition coefficient (Wildman–Crippen LogP) is 3.88. The Labute approximate surface area is 128 Å². The summed E-state index contributed by atoms with van der Waals surface area (Å²) in [4.78, 5) is 0. The van der Waals surface area contributed by atoms with Crippen molar-refractivity contribution >= 4 is 23.0 Å². The van der Waals surface area contributed by atoms with Crippen LogP contribution in [0, 0.1) is 11.6 Å². The van der Waals surface area contributed by atoms with Gasteiger partial charge in [0.15, 0.2) is 16.7 Å². The van der Waals surface area contributed by atoms with E-state index in [9.17, 15) is 8.78 Å². The van der Waals surface area contributed by atoms with Crippen LogP contribution in [-0.2, 0) is 6.42 Å². The van der Waals surface area contributed by atoms with E-state index in [-0.39, 0.29) is 0 Å². The van der Waals surface area contributed by atoms with Crippen LogP contribution in [0.25, 0.3) is 0 Å². The fourth-order valence-corrected chi connectivity index (χ4v) is 2.11. The molecule has 5 heteroatoms. The third kappa shape index (κ3) is 5.11. The predicted molar refractivity (Wildman–Crippen MR) is 85.3 cm³/mol. The molecule has 0 aliphatic carbocycles. The molecule has 2 nitrogen and oxygen atoms in total. The van der Waals surface area contributed by atoms with Gasteiger partial charge in [-0.15, -0.1) is 0 Å². The Morgan fingerprint density at radius 2 is 1.76 bits per heavy atom. The standard InChI is InChI=1S/C16H16F2N2S/c17-14-9-8-13(11-15(14)18)20-16(21)19-10-4-7-12-5-2-1-3-6-12/h1-3,5-6,8-9,11H,4,7,10H2,(H2,19,20,21). The highest BCUT2D eigenvalue weighted by Crippen LogP contribution is 2.12. The Bertz CT molecular complexity index is 602. The summed E-state index contributed by atoms with van der Waals surface area (Å²) in [7, 11) is 0. The van der Waals surface area contributed by atoms with E-state index < -0.39 is 11.6 Å². The SMILES string of the molecule is Fc1ccc(NC(=S)NCCCc2ccccc2)cc1F. The highest BCUT2D eigenvalue weighted by molar-refractivity contribution is 7.80. The molecule has 0 unspecified atom stereocenters. The normalized spacial score (nSPS) is 10.2. The maximum absolute atomic E-state index is 13.0. The zero-order chi connectivity index (χ0) is 15.1. The van der Waals surface area contributed by atoms with Crippen molar-refractivity contribution in [2.45, 2.75) is 12.8 Å². The summed E-state index contributed by atoms with van der Waals surface area (Å²) in [5, 5.41) is 6.26. The van der Waals surface area contributed by atoms with Crippen LogP contribution in [0.1, 0.15) is 12.0 Å². The molecule has 2 aromatic rings. The van der Waals surface area contributed by atoms with Gasteiger partial charge < -0.3 is 10.6 Å². The van der Waals surface area contributed by atoms with Gasteiger partial charge in [0.25, 0.3) is 0 Å². The van der Waals surface area contributed by atoms with Crippen molar-refractivity contribution in [1.82, 2.24) is 5.32 Å². The van der Waals surface area contributed by atoms with Crippen LogP contribution < -0.4 is 10.6 Å². The molecule has 21 heavy (non-hydrogen) atoms. The lowest BCUT2D eigenvalue weighted by atomic mass is 10.1. The number of hydrogen-bond acceptors (Lipinski definition) is 1. The van der Waals surface area contributed by atoms with E-state index in [0.29, 0.717) is 17.3 Å². The number of aryl methyl sites for hydroxylation is 1. The van der Waals surface area contributed by atoms with E-state index >= 15 is 0 Å². The highest BCUT2D eigenvalue weighted by atomic mass is 32.1. The zero-order valence-corrected chi connectivity index (χ0v) is 12.2. The molecule has 0 fully saturated rings. The first-order valence-corrected chi connectivity index (χ1v) is 7.10. The third-order valence-electron chi connectivity index (χ3n) is 2.95. The lowest BCUT2D eigenvalue weighted by Crippen LogP contribution is -2.29. The maximum atomic E-state index is 13.0. The van der Waals surface area contributed by atoms with Crippen LogP contribution in [0.2, 0.25) is 0 Å². The minimum Gasteiger partial charge on any atom is -0.362 e. The first-order chi connectivity index (χ1) is 10.1. The maximum Gasteiger partial charge on any atom is 0.170 e. The van der Waals surface area contributed by atoms with Crippen LogP contribution in [0.5, 0.6) is 0 Å². The topological polar surface area (TPSA) is 24.1 Å². The smallest absolute Gasteiger partial charge is 0.170 e. The van der Waals surface area contributed by atoms with E-state index in [1.54, 1.807) is 0 Å². The van der Waals surface area contributed by atoms with Crippen molar-refractivity contribution in [3.8, 4) is 0 Å².